The molecule has 9 nitrogen and oxygen atoms in total. The van der Waals surface area contributed by atoms with Crippen LogP contribution in [0.1, 0.15) is 22.3 Å². The molecule has 0 saturated carbocycles. The quantitative estimate of drug-likeness (QED) is 0.280. The summed E-state index contributed by atoms with van der Waals surface area (Å²) in [4.78, 5) is 4.51. The van der Waals surface area contributed by atoms with Crippen LogP contribution in [0, 0.1) is 29.6 Å². The third kappa shape index (κ3) is 5.96. The second-order valence-electron chi connectivity index (χ2n) is 9.81. The number of aliphatic hydroxyl groups excluding tert-OH is 1. The number of anilines is 1. The standard InChI is InChI=1S/C31H27N5O4S2/c1-20-7-13-24(14-8-20)42(38,39)36-17-27(37)28(18-36)40-23-11-9-22(10-12-23)29-25(15-32)30(34)35-31(26(29)16-33)41-19-21-5-3-2-4-6-21/h2-14,27-28,37H,17-19H2,1H3,(H2,34,35)/t27-,28-/m0/s1. The van der Waals surface area contributed by atoms with Crippen molar-refractivity contribution < 1.29 is 18.3 Å². The minimum Gasteiger partial charge on any atom is -0.486 e. The molecule has 0 radical (unpaired) electrons. The average molecular weight is 598 g/mol. The van der Waals surface area contributed by atoms with Gasteiger partial charge in [-0.2, -0.15) is 14.8 Å². The van der Waals surface area contributed by atoms with E-state index in [0.717, 1.165) is 11.1 Å². The van der Waals surface area contributed by atoms with Crippen molar-refractivity contribution >= 4 is 27.6 Å². The summed E-state index contributed by atoms with van der Waals surface area (Å²) < 4.78 is 33.4. The number of β-amino-alcohol motifs (C(OH)–C–C–N with tert-alkyl or cyclic N) is 1. The molecule has 0 aliphatic carbocycles. The van der Waals surface area contributed by atoms with Crippen molar-refractivity contribution in [1.29, 1.82) is 10.5 Å². The van der Waals surface area contributed by atoms with E-state index in [1.54, 1.807) is 48.5 Å². The number of hydrogen-bond donors (Lipinski definition) is 2. The Bertz CT molecular complexity index is 1780. The van der Waals surface area contributed by atoms with Crippen molar-refractivity contribution in [2.45, 2.75) is 34.8 Å². The fourth-order valence-electron chi connectivity index (χ4n) is 4.69. The SMILES string of the molecule is Cc1ccc(S(=O)(=O)N2C[C@H](Oc3ccc(-c4c(C#N)c(N)nc(SCc5ccccc5)c4C#N)cc3)[C@@H](O)C2)cc1. The highest BCUT2D eigenvalue weighted by Crippen LogP contribution is 2.37. The molecular formula is C31H27N5O4S2. The summed E-state index contributed by atoms with van der Waals surface area (Å²) in [6, 6.07) is 27.3. The topological polar surface area (TPSA) is 153 Å². The van der Waals surface area contributed by atoms with Gasteiger partial charge in [-0.3, -0.25) is 0 Å². The average Bonchev–Trinajstić information content (AvgIpc) is 3.37. The van der Waals surface area contributed by atoms with Gasteiger partial charge in [-0.25, -0.2) is 13.4 Å². The Morgan fingerprint density at radius 1 is 1.00 bits per heavy atom. The number of hydrogen-bond acceptors (Lipinski definition) is 9. The lowest BCUT2D eigenvalue weighted by atomic mass is 9.97. The molecule has 1 aromatic heterocycles. The highest BCUT2D eigenvalue weighted by Gasteiger charge is 2.40. The van der Waals surface area contributed by atoms with E-state index in [2.05, 4.69) is 17.1 Å². The fourth-order valence-corrected chi connectivity index (χ4v) is 7.11. The molecule has 4 aromatic rings. The summed E-state index contributed by atoms with van der Waals surface area (Å²) in [6.45, 7) is 1.77. The molecule has 3 N–H and O–H groups in total. The van der Waals surface area contributed by atoms with Crippen LogP contribution in [0.2, 0.25) is 0 Å². The van der Waals surface area contributed by atoms with Gasteiger partial charge in [0.25, 0.3) is 0 Å². The number of sulfonamides is 1. The molecule has 0 spiro atoms. The molecule has 2 heterocycles. The minimum atomic E-state index is -3.79. The van der Waals surface area contributed by atoms with Crippen LogP contribution in [0.15, 0.2) is 88.8 Å². The summed E-state index contributed by atoms with van der Waals surface area (Å²) in [5, 5.41) is 31.0. The van der Waals surface area contributed by atoms with Crippen LogP contribution in [0.5, 0.6) is 5.75 Å². The van der Waals surface area contributed by atoms with E-state index < -0.39 is 22.2 Å². The first-order valence-corrected chi connectivity index (χ1v) is 15.5. The second kappa shape index (κ2) is 12.2. The molecule has 0 unspecified atom stereocenters. The summed E-state index contributed by atoms with van der Waals surface area (Å²) in [7, 11) is -3.79. The van der Waals surface area contributed by atoms with Crippen molar-refractivity contribution in [1.82, 2.24) is 9.29 Å². The van der Waals surface area contributed by atoms with E-state index in [1.807, 2.05) is 37.3 Å². The van der Waals surface area contributed by atoms with E-state index in [-0.39, 0.29) is 34.9 Å². The predicted molar refractivity (Wildman–Crippen MR) is 160 cm³/mol. The maximum Gasteiger partial charge on any atom is 0.243 e. The van der Waals surface area contributed by atoms with Crippen molar-refractivity contribution in [3.8, 4) is 29.0 Å². The number of rotatable bonds is 8. The lowest BCUT2D eigenvalue weighted by Gasteiger charge is -2.18. The van der Waals surface area contributed by atoms with Gasteiger partial charge in [0.1, 0.15) is 46.5 Å². The highest BCUT2D eigenvalue weighted by molar-refractivity contribution is 7.98. The van der Waals surface area contributed by atoms with Crippen molar-refractivity contribution in [3.05, 3.63) is 101 Å². The van der Waals surface area contributed by atoms with Gasteiger partial charge in [-0.15, -0.1) is 11.8 Å². The number of ether oxygens (including phenoxy) is 1. The Balaban J connectivity index is 1.36. The van der Waals surface area contributed by atoms with E-state index in [1.165, 1.54) is 16.1 Å². The normalized spacial score (nSPS) is 17.0. The van der Waals surface area contributed by atoms with E-state index in [9.17, 15) is 24.0 Å². The van der Waals surface area contributed by atoms with Gasteiger partial charge < -0.3 is 15.6 Å². The molecule has 0 bridgehead atoms. The van der Waals surface area contributed by atoms with Gasteiger partial charge in [0.15, 0.2) is 0 Å². The van der Waals surface area contributed by atoms with E-state index in [4.69, 9.17) is 10.5 Å². The molecule has 42 heavy (non-hydrogen) atoms. The first kappa shape index (κ1) is 29.1. The largest absolute Gasteiger partial charge is 0.486 e. The monoisotopic (exact) mass is 597 g/mol. The van der Waals surface area contributed by atoms with Gasteiger partial charge >= 0.3 is 0 Å². The Morgan fingerprint density at radius 2 is 1.67 bits per heavy atom. The molecule has 1 saturated heterocycles. The first-order chi connectivity index (χ1) is 20.2. The maximum atomic E-state index is 13.1. The molecule has 5 rings (SSSR count). The number of nitrogens with two attached hydrogens (primary N) is 1. The summed E-state index contributed by atoms with van der Waals surface area (Å²) in [5.74, 6) is 1.00. The minimum absolute atomic E-state index is 0.0147. The van der Waals surface area contributed by atoms with Crippen LogP contribution < -0.4 is 10.5 Å². The number of aliphatic hydroxyl groups is 1. The molecule has 1 aliphatic rings. The van der Waals surface area contributed by atoms with Gasteiger partial charge in [-0.05, 0) is 42.3 Å². The third-order valence-corrected chi connectivity index (χ3v) is 9.82. The molecular weight excluding hydrogens is 571 g/mol. The molecule has 1 aliphatic heterocycles. The summed E-state index contributed by atoms with van der Waals surface area (Å²) >= 11 is 1.36. The zero-order valence-electron chi connectivity index (χ0n) is 22.6. The van der Waals surface area contributed by atoms with Crippen molar-refractivity contribution in [2.75, 3.05) is 18.8 Å². The number of nitrogen functional groups attached to an aromatic ring is 1. The Morgan fingerprint density at radius 3 is 2.31 bits per heavy atom. The Labute approximate surface area is 248 Å². The van der Waals surface area contributed by atoms with Crippen LogP contribution in [0.3, 0.4) is 0 Å². The zero-order valence-corrected chi connectivity index (χ0v) is 24.3. The van der Waals surface area contributed by atoms with Crippen molar-refractivity contribution in [3.63, 3.8) is 0 Å². The molecule has 1 fully saturated rings. The van der Waals surface area contributed by atoms with Gasteiger partial charge in [-0.1, -0.05) is 60.2 Å². The van der Waals surface area contributed by atoms with Crippen LogP contribution in [0.25, 0.3) is 11.1 Å². The fraction of sp³-hybridized carbons (Fsp3) is 0.194. The second-order valence-corrected chi connectivity index (χ2v) is 12.7. The zero-order chi connectivity index (χ0) is 29.9. The Kier molecular flexibility index (Phi) is 8.48. The number of nitrogens with zero attached hydrogens (tertiary/aromatic N) is 4. The molecule has 2 atom stereocenters. The smallest absolute Gasteiger partial charge is 0.243 e. The number of aryl methyl sites for hydroxylation is 1. The predicted octanol–water partition coefficient (Wildman–Crippen LogP) is 4.49. The molecule has 212 valence electrons. The van der Waals surface area contributed by atoms with Crippen LogP contribution in [0.4, 0.5) is 5.82 Å². The molecule has 0 amide bonds. The third-order valence-electron chi connectivity index (χ3n) is 6.93. The summed E-state index contributed by atoms with van der Waals surface area (Å²) in [6.07, 6.45) is -1.80. The molecule has 11 heteroatoms. The molecule has 3 aromatic carbocycles. The van der Waals surface area contributed by atoms with Gasteiger partial charge in [0.2, 0.25) is 10.0 Å². The number of nitriles is 2. The van der Waals surface area contributed by atoms with Gasteiger partial charge in [0.05, 0.1) is 17.0 Å². The lowest BCUT2D eigenvalue weighted by molar-refractivity contribution is 0.0737. The maximum absolute atomic E-state index is 13.1. The summed E-state index contributed by atoms with van der Waals surface area (Å²) in [5.41, 5.74) is 9.45. The number of pyridine rings is 1. The van der Waals surface area contributed by atoms with E-state index >= 15 is 0 Å². The van der Waals surface area contributed by atoms with Crippen LogP contribution in [-0.2, 0) is 15.8 Å². The van der Waals surface area contributed by atoms with E-state index in [0.29, 0.717) is 27.7 Å². The number of thioether (sulfide) groups is 1. The Hall–Kier alpha value is -4.39. The number of aromatic nitrogens is 1. The van der Waals surface area contributed by atoms with Crippen LogP contribution >= 0.6 is 11.8 Å². The lowest BCUT2D eigenvalue weighted by Crippen LogP contribution is -2.31. The number of benzene rings is 3. The van der Waals surface area contributed by atoms with Gasteiger partial charge in [0, 0.05) is 17.9 Å². The highest BCUT2D eigenvalue weighted by atomic mass is 32.2. The van der Waals surface area contributed by atoms with Crippen LogP contribution in [-0.4, -0.2) is 48.1 Å². The first-order valence-electron chi connectivity index (χ1n) is 13.0. The van der Waals surface area contributed by atoms with Crippen molar-refractivity contribution in [2.24, 2.45) is 0 Å².